The zero-order chi connectivity index (χ0) is 18.8. The van der Waals surface area contributed by atoms with Crippen molar-refractivity contribution in [3.8, 4) is 29.9 Å². The van der Waals surface area contributed by atoms with E-state index in [0.717, 1.165) is 11.3 Å². The molecule has 0 atom stereocenters. The number of hydrogen-bond acceptors (Lipinski definition) is 4. The number of amides is 1. The Balaban J connectivity index is 1.99. The van der Waals surface area contributed by atoms with E-state index in [1.54, 1.807) is 31.4 Å². The zero-order valence-corrected chi connectivity index (χ0v) is 14.4. The summed E-state index contributed by atoms with van der Waals surface area (Å²) < 4.78 is 10.4. The predicted molar refractivity (Wildman–Crippen MR) is 99.2 cm³/mol. The molecule has 26 heavy (non-hydrogen) atoms. The highest BCUT2D eigenvalue weighted by Gasteiger charge is 2.09. The number of benzene rings is 2. The van der Waals surface area contributed by atoms with Crippen LogP contribution in [0.15, 0.2) is 54.1 Å². The van der Waals surface area contributed by atoms with Crippen LogP contribution in [0, 0.1) is 23.7 Å². The molecule has 0 heterocycles. The van der Waals surface area contributed by atoms with E-state index in [4.69, 9.17) is 15.9 Å². The van der Waals surface area contributed by atoms with Crippen molar-refractivity contribution < 1.29 is 14.3 Å². The molecule has 0 spiro atoms. The maximum absolute atomic E-state index is 12.2. The molecule has 5 heteroatoms. The van der Waals surface area contributed by atoms with E-state index in [0.29, 0.717) is 17.9 Å². The topological polar surface area (TPSA) is 71.3 Å². The van der Waals surface area contributed by atoms with Crippen molar-refractivity contribution in [1.29, 1.82) is 5.26 Å². The highest BCUT2D eigenvalue weighted by atomic mass is 16.5. The van der Waals surface area contributed by atoms with Gasteiger partial charge in [0.2, 0.25) is 0 Å². The van der Waals surface area contributed by atoms with Crippen LogP contribution in [0.4, 0.5) is 0 Å². The van der Waals surface area contributed by atoms with Crippen molar-refractivity contribution in [2.24, 2.45) is 0 Å². The van der Waals surface area contributed by atoms with Crippen molar-refractivity contribution in [2.75, 3.05) is 13.7 Å². The highest BCUT2D eigenvalue weighted by Crippen LogP contribution is 2.15. The first-order valence-corrected chi connectivity index (χ1v) is 7.85. The molecular weight excluding hydrogens is 328 g/mol. The Morgan fingerprint density at radius 2 is 1.81 bits per heavy atom. The molecule has 5 nitrogen and oxygen atoms in total. The molecule has 0 aliphatic rings. The van der Waals surface area contributed by atoms with Crippen molar-refractivity contribution in [2.45, 2.75) is 6.54 Å². The summed E-state index contributed by atoms with van der Waals surface area (Å²) in [5.74, 6) is 3.32. The Hall–Kier alpha value is -3.70. The van der Waals surface area contributed by atoms with Crippen LogP contribution >= 0.6 is 0 Å². The Kier molecular flexibility index (Phi) is 6.85. The summed E-state index contributed by atoms with van der Waals surface area (Å²) in [7, 11) is 1.59. The lowest BCUT2D eigenvalue weighted by Crippen LogP contribution is -2.23. The molecule has 0 saturated heterocycles. The molecule has 0 aromatic heterocycles. The van der Waals surface area contributed by atoms with Crippen LogP contribution in [-0.2, 0) is 11.3 Å². The lowest BCUT2D eigenvalue weighted by atomic mass is 10.1. The van der Waals surface area contributed by atoms with Gasteiger partial charge in [-0.2, -0.15) is 5.26 Å². The van der Waals surface area contributed by atoms with E-state index in [1.807, 2.05) is 30.3 Å². The number of nitriles is 1. The second-order valence-corrected chi connectivity index (χ2v) is 5.26. The highest BCUT2D eigenvalue weighted by molar-refractivity contribution is 6.01. The van der Waals surface area contributed by atoms with Gasteiger partial charge in [0.15, 0.2) is 0 Å². The third-order valence-electron chi connectivity index (χ3n) is 3.49. The summed E-state index contributed by atoms with van der Waals surface area (Å²) in [5.41, 5.74) is 1.65. The predicted octanol–water partition coefficient (Wildman–Crippen LogP) is 2.93. The molecule has 1 N–H and O–H groups in total. The molecule has 0 radical (unpaired) electrons. The van der Waals surface area contributed by atoms with Gasteiger partial charge in [-0.15, -0.1) is 6.42 Å². The van der Waals surface area contributed by atoms with E-state index in [-0.39, 0.29) is 12.2 Å². The van der Waals surface area contributed by atoms with Gasteiger partial charge in [0.25, 0.3) is 5.91 Å². The summed E-state index contributed by atoms with van der Waals surface area (Å²) in [6, 6.07) is 16.2. The number of terminal acetylenes is 1. The number of nitrogens with one attached hydrogen (secondary N) is 1. The number of methoxy groups -OCH3 is 1. The minimum absolute atomic E-state index is 0.0239. The Bertz CT molecular complexity index is 854. The zero-order valence-electron chi connectivity index (χ0n) is 14.4. The minimum Gasteiger partial charge on any atom is -0.497 e. The fourth-order valence-corrected chi connectivity index (χ4v) is 2.12. The first kappa shape index (κ1) is 18.6. The Morgan fingerprint density at radius 3 is 2.38 bits per heavy atom. The molecule has 2 aromatic carbocycles. The number of carbonyl (C=O) groups is 1. The van der Waals surface area contributed by atoms with Gasteiger partial charge < -0.3 is 14.8 Å². The normalized spacial score (nSPS) is 10.3. The van der Waals surface area contributed by atoms with Crippen molar-refractivity contribution in [1.82, 2.24) is 5.32 Å². The van der Waals surface area contributed by atoms with Gasteiger partial charge in [-0.05, 0) is 41.5 Å². The summed E-state index contributed by atoms with van der Waals surface area (Å²) >= 11 is 0. The van der Waals surface area contributed by atoms with Crippen LogP contribution < -0.4 is 14.8 Å². The lowest BCUT2D eigenvalue weighted by Gasteiger charge is -2.06. The molecule has 130 valence electrons. The van der Waals surface area contributed by atoms with Gasteiger partial charge in [-0.3, -0.25) is 4.79 Å². The standard InChI is InChI=1S/C21H18N2O3/c1-3-12-26-20-10-4-16(5-11-20)13-18(14-22)21(24)23-15-17-6-8-19(25-2)9-7-17/h1,4-11,13H,12,15H2,2H3,(H,23,24)/b18-13-. The number of nitrogens with zero attached hydrogens (tertiary/aromatic N) is 1. The molecule has 0 fully saturated rings. The monoisotopic (exact) mass is 346 g/mol. The van der Waals surface area contributed by atoms with Gasteiger partial charge in [-0.25, -0.2) is 0 Å². The smallest absolute Gasteiger partial charge is 0.262 e. The van der Waals surface area contributed by atoms with E-state index in [1.165, 1.54) is 6.08 Å². The van der Waals surface area contributed by atoms with Crippen LogP contribution in [0.1, 0.15) is 11.1 Å². The molecule has 0 bridgehead atoms. The first-order valence-electron chi connectivity index (χ1n) is 7.85. The summed E-state index contributed by atoms with van der Waals surface area (Å²) in [6.45, 7) is 0.507. The van der Waals surface area contributed by atoms with E-state index >= 15 is 0 Å². The lowest BCUT2D eigenvalue weighted by molar-refractivity contribution is -0.117. The second kappa shape index (κ2) is 9.56. The molecule has 0 aliphatic carbocycles. The van der Waals surface area contributed by atoms with E-state index < -0.39 is 5.91 Å². The number of ether oxygens (including phenoxy) is 2. The fourth-order valence-electron chi connectivity index (χ4n) is 2.12. The molecule has 0 saturated carbocycles. The van der Waals surface area contributed by atoms with Gasteiger partial charge >= 0.3 is 0 Å². The van der Waals surface area contributed by atoms with Crippen LogP contribution in [0.5, 0.6) is 11.5 Å². The molecule has 2 aromatic rings. The second-order valence-electron chi connectivity index (χ2n) is 5.26. The molecule has 1 amide bonds. The SMILES string of the molecule is C#CCOc1ccc(/C=C(/C#N)C(=O)NCc2ccc(OC)cc2)cc1. The third kappa shape index (κ3) is 5.43. The number of carbonyl (C=O) groups excluding carboxylic acids is 1. The van der Waals surface area contributed by atoms with Gasteiger partial charge in [-0.1, -0.05) is 30.2 Å². The number of rotatable bonds is 7. The Morgan fingerprint density at radius 1 is 1.15 bits per heavy atom. The molecule has 0 aliphatic heterocycles. The van der Waals surface area contributed by atoms with E-state index in [2.05, 4.69) is 11.2 Å². The van der Waals surface area contributed by atoms with Crippen LogP contribution in [-0.4, -0.2) is 19.6 Å². The first-order chi connectivity index (χ1) is 12.7. The average Bonchev–Trinajstić information content (AvgIpc) is 2.69. The molecular formula is C21H18N2O3. The Labute approximate surface area is 152 Å². The van der Waals surface area contributed by atoms with Gasteiger partial charge in [0.05, 0.1) is 7.11 Å². The minimum atomic E-state index is -0.434. The molecule has 2 rings (SSSR count). The van der Waals surface area contributed by atoms with Crippen molar-refractivity contribution in [3.63, 3.8) is 0 Å². The van der Waals surface area contributed by atoms with Crippen molar-refractivity contribution in [3.05, 3.63) is 65.2 Å². The summed E-state index contributed by atoms with van der Waals surface area (Å²) in [4.78, 5) is 12.2. The quantitative estimate of drug-likeness (QED) is 0.475. The summed E-state index contributed by atoms with van der Waals surface area (Å²) in [5, 5.41) is 12.0. The maximum Gasteiger partial charge on any atom is 0.262 e. The maximum atomic E-state index is 12.2. The van der Waals surface area contributed by atoms with Crippen molar-refractivity contribution >= 4 is 12.0 Å². The van der Waals surface area contributed by atoms with Crippen LogP contribution in [0.2, 0.25) is 0 Å². The van der Waals surface area contributed by atoms with E-state index in [9.17, 15) is 10.1 Å². The number of hydrogen-bond donors (Lipinski definition) is 1. The molecule has 0 unspecified atom stereocenters. The average molecular weight is 346 g/mol. The van der Waals surface area contributed by atoms with Gasteiger partial charge in [0.1, 0.15) is 29.7 Å². The van der Waals surface area contributed by atoms with Crippen LogP contribution in [0.3, 0.4) is 0 Å². The largest absolute Gasteiger partial charge is 0.497 e. The van der Waals surface area contributed by atoms with Crippen LogP contribution in [0.25, 0.3) is 6.08 Å². The summed E-state index contributed by atoms with van der Waals surface area (Å²) in [6.07, 6.45) is 6.66. The fraction of sp³-hybridized carbons (Fsp3) is 0.143. The van der Waals surface area contributed by atoms with Gasteiger partial charge in [0, 0.05) is 6.54 Å². The third-order valence-corrected chi connectivity index (χ3v) is 3.49.